The number of β-amino-alcohol motifs (C(OH)–C–C–N with tert-alkyl or cyclic N) is 1. The topological polar surface area (TPSA) is 66.8 Å². The van der Waals surface area contributed by atoms with Crippen molar-refractivity contribution in [3.05, 3.63) is 0 Å². The van der Waals surface area contributed by atoms with Crippen molar-refractivity contribution in [3.63, 3.8) is 0 Å². The first-order chi connectivity index (χ1) is 10.5. The summed E-state index contributed by atoms with van der Waals surface area (Å²) in [5.41, 5.74) is -0.259. The quantitative estimate of drug-likeness (QED) is 0.782. The van der Waals surface area contributed by atoms with E-state index >= 15 is 0 Å². The molecule has 122 valence electrons. The van der Waals surface area contributed by atoms with Crippen LogP contribution in [-0.4, -0.2) is 47.7 Å². The number of ether oxygens (including phenoxy) is 1. The molecule has 2 atom stereocenters. The van der Waals surface area contributed by atoms with Gasteiger partial charge < -0.3 is 14.7 Å². The molecule has 0 aromatic rings. The number of esters is 1. The lowest BCUT2D eigenvalue weighted by Gasteiger charge is -2.56. The number of rotatable bonds is 2. The summed E-state index contributed by atoms with van der Waals surface area (Å²) in [7, 11) is 1.35. The molecule has 1 amide bonds. The molecule has 0 radical (unpaired) electrons. The lowest BCUT2D eigenvalue weighted by atomic mass is 9.49. The highest BCUT2D eigenvalue weighted by atomic mass is 16.5. The average Bonchev–Trinajstić information content (AvgIpc) is 2.86. The molecule has 5 nitrogen and oxygen atoms in total. The Morgan fingerprint density at radius 3 is 2.09 bits per heavy atom. The van der Waals surface area contributed by atoms with E-state index in [1.807, 2.05) is 0 Å². The summed E-state index contributed by atoms with van der Waals surface area (Å²) in [6.45, 7) is 0.278. The highest BCUT2D eigenvalue weighted by Gasteiger charge is 2.57. The van der Waals surface area contributed by atoms with Crippen LogP contribution in [0.1, 0.15) is 44.9 Å². The number of amides is 1. The van der Waals surface area contributed by atoms with Gasteiger partial charge in [0, 0.05) is 13.0 Å². The molecule has 5 heteroatoms. The second-order valence-electron chi connectivity index (χ2n) is 8.08. The smallest absolute Gasteiger partial charge is 0.328 e. The van der Waals surface area contributed by atoms with Gasteiger partial charge in [0.2, 0.25) is 5.91 Å². The van der Waals surface area contributed by atoms with Gasteiger partial charge in [-0.15, -0.1) is 0 Å². The minimum atomic E-state index is -0.609. The molecule has 5 rings (SSSR count). The molecule has 1 aliphatic heterocycles. The van der Waals surface area contributed by atoms with E-state index < -0.39 is 18.1 Å². The maximum atomic E-state index is 13.3. The maximum absolute atomic E-state index is 13.3. The van der Waals surface area contributed by atoms with Crippen LogP contribution < -0.4 is 0 Å². The Morgan fingerprint density at radius 2 is 1.59 bits per heavy atom. The van der Waals surface area contributed by atoms with Crippen molar-refractivity contribution < 1.29 is 19.4 Å². The third kappa shape index (κ3) is 2.08. The molecule has 4 bridgehead atoms. The Kier molecular flexibility index (Phi) is 3.26. The molecule has 0 unspecified atom stereocenters. The van der Waals surface area contributed by atoms with Crippen molar-refractivity contribution in [2.75, 3.05) is 13.7 Å². The Morgan fingerprint density at radius 1 is 1.05 bits per heavy atom. The van der Waals surface area contributed by atoms with Gasteiger partial charge in [0.05, 0.1) is 18.6 Å². The normalized spacial score (nSPS) is 46.1. The second kappa shape index (κ2) is 4.95. The number of methoxy groups -OCH3 is 1. The van der Waals surface area contributed by atoms with Gasteiger partial charge in [0.1, 0.15) is 6.04 Å². The molecule has 0 aromatic carbocycles. The first-order valence-corrected chi connectivity index (χ1v) is 8.58. The molecular weight excluding hydrogens is 282 g/mol. The lowest BCUT2D eigenvalue weighted by Crippen LogP contribution is -2.56. The van der Waals surface area contributed by atoms with E-state index in [4.69, 9.17) is 4.74 Å². The molecule has 4 saturated carbocycles. The zero-order chi connectivity index (χ0) is 15.5. The number of likely N-dealkylation sites (tertiary alicyclic amines) is 1. The van der Waals surface area contributed by atoms with Crippen LogP contribution in [-0.2, 0) is 14.3 Å². The van der Waals surface area contributed by atoms with Crippen LogP contribution in [0.2, 0.25) is 0 Å². The summed E-state index contributed by atoms with van der Waals surface area (Å²) < 4.78 is 4.84. The van der Waals surface area contributed by atoms with E-state index in [0.717, 1.165) is 19.3 Å². The number of carbonyl (C=O) groups is 2. The monoisotopic (exact) mass is 307 g/mol. The van der Waals surface area contributed by atoms with Gasteiger partial charge in [-0.05, 0) is 56.3 Å². The van der Waals surface area contributed by atoms with Crippen molar-refractivity contribution in [2.45, 2.75) is 57.1 Å². The first kappa shape index (κ1) is 14.5. The number of hydrogen-bond acceptors (Lipinski definition) is 4. The molecule has 4 aliphatic carbocycles. The standard InChI is InChI=1S/C17H25NO4/c1-22-15(20)14-5-13(19)9-18(14)16(21)17-6-10-2-11(7-17)4-12(3-10)8-17/h10-14,19H,2-9H2,1H3/t10?,11?,12?,13-,14-,17?/m0/s1. The lowest BCUT2D eigenvalue weighted by molar-refractivity contribution is -0.164. The van der Waals surface area contributed by atoms with Gasteiger partial charge in [-0.25, -0.2) is 4.79 Å². The van der Waals surface area contributed by atoms with Crippen molar-refractivity contribution in [3.8, 4) is 0 Å². The number of aliphatic hydroxyl groups excluding tert-OH is 1. The summed E-state index contributed by atoms with van der Waals surface area (Å²) in [6, 6.07) is -0.597. The fraction of sp³-hybridized carbons (Fsp3) is 0.882. The van der Waals surface area contributed by atoms with Crippen molar-refractivity contribution >= 4 is 11.9 Å². The van der Waals surface area contributed by atoms with Gasteiger partial charge in [-0.3, -0.25) is 4.79 Å². The largest absolute Gasteiger partial charge is 0.467 e. The molecular formula is C17H25NO4. The highest BCUT2D eigenvalue weighted by Crippen LogP contribution is 2.60. The minimum absolute atomic E-state index is 0.110. The van der Waals surface area contributed by atoms with Gasteiger partial charge >= 0.3 is 5.97 Å². The van der Waals surface area contributed by atoms with E-state index in [0.29, 0.717) is 24.2 Å². The molecule has 1 saturated heterocycles. The zero-order valence-electron chi connectivity index (χ0n) is 13.2. The second-order valence-corrected chi connectivity index (χ2v) is 8.08. The molecule has 5 aliphatic rings. The predicted molar refractivity (Wildman–Crippen MR) is 78.7 cm³/mol. The van der Waals surface area contributed by atoms with Crippen molar-refractivity contribution in [1.82, 2.24) is 4.90 Å². The first-order valence-electron chi connectivity index (χ1n) is 8.58. The fourth-order valence-corrected chi connectivity index (χ4v) is 6.07. The van der Waals surface area contributed by atoms with Gasteiger partial charge in [0.15, 0.2) is 0 Å². The SMILES string of the molecule is COC(=O)[C@@H]1C[C@H](O)CN1C(=O)C12CC3CC(CC(C3)C1)C2. The van der Waals surface area contributed by atoms with Crippen LogP contribution in [0.3, 0.4) is 0 Å². The van der Waals surface area contributed by atoms with Crippen LogP contribution in [0.15, 0.2) is 0 Å². The van der Waals surface area contributed by atoms with E-state index in [9.17, 15) is 14.7 Å². The minimum Gasteiger partial charge on any atom is -0.467 e. The summed E-state index contributed by atoms with van der Waals surface area (Å²) >= 11 is 0. The Bertz CT molecular complexity index is 468. The molecule has 5 fully saturated rings. The van der Waals surface area contributed by atoms with Gasteiger partial charge in [0.25, 0.3) is 0 Å². The molecule has 22 heavy (non-hydrogen) atoms. The van der Waals surface area contributed by atoms with Crippen LogP contribution in [0, 0.1) is 23.2 Å². The third-order valence-electron chi connectivity index (χ3n) is 6.51. The predicted octanol–water partition coefficient (Wildman–Crippen LogP) is 1.34. The Labute approximate surface area is 131 Å². The summed E-state index contributed by atoms with van der Waals surface area (Å²) in [6.07, 6.45) is 6.52. The van der Waals surface area contributed by atoms with Crippen molar-refractivity contribution in [1.29, 1.82) is 0 Å². The van der Waals surface area contributed by atoms with E-state index in [1.54, 1.807) is 4.90 Å². The number of hydrogen-bond donors (Lipinski definition) is 1. The van der Waals surface area contributed by atoms with Crippen LogP contribution in [0.25, 0.3) is 0 Å². The van der Waals surface area contributed by atoms with Gasteiger partial charge in [-0.1, -0.05) is 0 Å². The molecule has 0 aromatic heterocycles. The average molecular weight is 307 g/mol. The number of nitrogens with zero attached hydrogens (tertiary/aromatic N) is 1. The summed E-state index contributed by atoms with van der Waals surface area (Å²) in [4.78, 5) is 26.9. The molecule has 1 N–H and O–H groups in total. The Hall–Kier alpha value is -1.10. The zero-order valence-corrected chi connectivity index (χ0v) is 13.2. The Balaban J connectivity index is 1.59. The van der Waals surface area contributed by atoms with E-state index in [-0.39, 0.29) is 17.9 Å². The number of carbonyl (C=O) groups excluding carboxylic acids is 2. The van der Waals surface area contributed by atoms with Crippen molar-refractivity contribution in [2.24, 2.45) is 23.2 Å². The fourth-order valence-electron chi connectivity index (χ4n) is 6.07. The summed E-state index contributed by atoms with van der Waals surface area (Å²) in [5, 5.41) is 9.94. The maximum Gasteiger partial charge on any atom is 0.328 e. The van der Waals surface area contributed by atoms with E-state index in [1.165, 1.54) is 26.4 Å². The van der Waals surface area contributed by atoms with Crippen LogP contribution in [0.5, 0.6) is 0 Å². The third-order valence-corrected chi connectivity index (χ3v) is 6.51. The van der Waals surface area contributed by atoms with Crippen LogP contribution >= 0.6 is 0 Å². The molecule has 0 spiro atoms. The van der Waals surface area contributed by atoms with E-state index in [2.05, 4.69) is 0 Å². The van der Waals surface area contributed by atoms with Gasteiger partial charge in [-0.2, -0.15) is 0 Å². The highest BCUT2D eigenvalue weighted by molar-refractivity contribution is 5.89. The number of aliphatic hydroxyl groups is 1. The van der Waals surface area contributed by atoms with Crippen LogP contribution in [0.4, 0.5) is 0 Å². The summed E-state index contributed by atoms with van der Waals surface area (Å²) in [5.74, 6) is 1.80. The molecule has 1 heterocycles.